The van der Waals surface area contributed by atoms with Crippen molar-refractivity contribution in [3.8, 4) is 5.75 Å². The Kier molecular flexibility index (Phi) is 5.64. The van der Waals surface area contributed by atoms with Gasteiger partial charge in [0.25, 0.3) is 0 Å². The summed E-state index contributed by atoms with van der Waals surface area (Å²) in [6, 6.07) is 4.48. The predicted octanol–water partition coefficient (Wildman–Crippen LogP) is 2.46. The van der Waals surface area contributed by atoms with Gasteiger partial charge < -0.3 is 10.1 Å². The van der Waals surface area contributed by atoms with Crippen LogP contribution in [0, 0.1) is 5.92 Å². The average molecular weight is 340 g/mol. The molecule has 1 amide bonds. The second-order valence-electron chi connectivity index (χ2n) is 6.05. The lowest BCUT2D eigenvalue weighted by molar-refractivity contribution is -0.117. The highest BCUT2D eigenvalue weighted by Crippen LogP contribution is 2.31. The number of hydrogen-bond acceptors (Lipinski definition) is 4. The van der Waals surface area contributed by atoms with Crippen LogP contribution in [0.5, 0.6) is 5.75 Å². The van der Waals surface area contributed by atoms with Gasteiger partial charge in [-0.1, -0.05) is 12.8 Å². The van der Waals surface area contributed by atoms with Crippen LogP contribution >= 0.6 is 0 Å². The van der Waals surface area contributed by atoms with Crippen molar-refractivity contribution in [3.63, 3.8) is 0 Å². The van der Waals surface area contributed by atoms with Gasteiger partial charge in [-0.05, 0) is 37.0 Å². The molecule has 1 aromatic rings. The molecule has 128 valence electrons. The molecular formula is C16H24N2O4S. The molecule has 23 heavy (non-hydrogen) atoms. The Bertz CT molecular complexity index is 665. The first-order valence-electron chi connectivity index (χ1n) is 7.75. The molecule has 0 spiro atoms. The predicted molar refractivity (Wildman–Crippen MR) is 89.1 cm³/mol. The fraction of sp³-hybridized carbons (Fsp3) is 0.562. The number of carbonyl (C=O) groups is 1. The first-order valence-corrected chi connectivity index (χ1v) is 9.19. The monoisotopic (exact) mass is 340 g/mol. The summed E-state index contributed by atoms with van der Waals surface area (Å²) >= 11 is 0. The highest BCUT2D eigenvalue weighted by Gasteiger charge is 2.22. The Labute approximate surface area is 137 Å². The van der Waals surface area contributed by atoms with Gasteiger partial charge in [-0.25, -0.2) is 12.7 Å². The number of nitrogens with one attached hydrogen (secondary N) is 1. The van der Waals surface area contributed by atoms with Crippen LogP contribution in [0.15, 0.2) is 23.1 Å². The fourth-order valence-corrected chi connectivity index (χ4v) is 3.76. The molecule has 6 nitrogen and oxygen atoms in total. The van der Waals surface area contributed by atoms with E-state index in [2.05, 4.69) is 5.32 Å². The minimum Gasteiger partial charge on any atom is -0.495 e. The lowest BCUT2D eigenvalue weighted by atomic mass is 10.0. The third-order valence-corrected chi connectivity index (χ3v) is 5.98. The molecule has 0 bridgehead atoms. The van der Waals surface area contributed by atoms with Crippen molar-refractivity contribution in [1.82, 2.24) is 4.31 Å². The van der Waals surface area contributed by atoms with Crippen molar-refractivity contribution in [2.45, 2.75) is 37.0 Å². The quantitative estimate of drug-likeness (QED) is 0.863. The van der Waals surface area contributed by atoms with Crippen LogP contribution in [0.4, 0.5) is 5.69 Å². The molecule has 1 aliphatic carbocycles. The van der Waals surface area contributed by atoms with Crippen molar-refractivity contribution in [2.24, 2.45) is 5.92 Å². The molecule has 1 aliphatic rings. The maximum atomic E-state index is 12.2. The van der Waals surface area contributed by atoms with Crippen LogP contribution in [0.25, 0.3) is 0 Å². The summed E-state index contributed by atoms with van der Waals surface area (Å²) in [5.41, 5.74) is 0.387. The van der Waals surface area contributed by atoms with Crippen molar-refractivity contribution in [3.05, 3.63) is 18.2 Å². The number of methoxy groups -OCH3 is 1. The zero-order valence-electron chi connectivity index (χ0n) is 13.8. The Morgan fingerprint density at radius 3 is 2.52 bits per heavy atom. The van der Waals surface area contributed by atoms with Gasteiger partial charge in [-0.2, -0.15) is 0 Å². The number of carbonyl (C=O) groups excluding carboxylic acids is 1. The standard InChI is InChI=1S/C16H24N2O4S/c1-18(2)23(20,21)13-8-9-15(22-3)14(11-13)17-16(19)10-12-6-4-5-7-12/h8-9,11-12H,4-7,10H2,1-3H3,(H,17,19). The van der Waals surface area contributed by atoms with Gasteiger partial charge in [-0.15, -0.1) is 0 Å². The van der Waals surface area contributed by atoms with Crippen molar-refractivity contribution < 1.29 is 17.9 Å². The molecule has 0 aromatic heterocycles. The number of amides is 1. The molecule has 0 saturated heterocycles. The third-order valence-electron chi connectivity index (χ3n) is 4.17. The summed E-state index contributed by atoms with van der Waals surface area (Å²) in [6.45, 7) is 0. The Balaban J connectivity index is 2.20. The van der Waals surface area contributed by atoms with Crippen molar-refractivity contribution >= 4 is 21.6 Å². The average Bonchev–Trinajstić information content (AvgIpc) is 2.99. The van der Waals surface area contributed by atoms with E-state index in [1.807, 2.05) is 0 Å². The second kappa shape index (κ2) is 7.31. The van der Waals surface area contributed by atoms with Crippen molar-refractivity contribution in [2.75, 3.05) is 26.5 Å². The summed E-state index contributed by atoms with van der Waals surface area (Å²) in [7, 11) is 0.872. The van der Waals surface area contributed by atoms with Crippen LogP contribution in [0.3, 0.4) is 0 Å². The van der Waals surface area contributed by atoms with Crippen LogP contribution in [-0.2, 0) is 14.8 Å². The maximum absolute atomic E-state index is 12.2. The van der Waals surface area contributed by atoms with Gasteiger partial charge in [0.2, 0.25) is 15.9 Å². The van der Waals surface area contributed by atoms with E-state index in [9.17, 15) is 13.2 Å². The smallest absolute Gasteiger partial charge is 0.242 e. The highest BCUT2D eigenvalue weighted by molar-refractivity contribution is 7.89. The second-order valence-corrected chi connectivity index (χ2v) is 8.20. The fourth-order valence-electron chi connectivity index (χ4n) is 2.83. The number of hydrogen-bond donors (Lipinski definition) is 1. The van der Waals surface area contributed by atoms with Gasteiger partial charge in [0.1, 0.15) is 5.75 Å². The Hall–Kier alpha value is -1.60. The number of ether oxygens (including phenoxy) is 1. The van der Waals surface area contributed by atoms with E-state index >= 15 is 0 Å². The zero-order valence-corrected chi connectivity index (χ0v) is 14.6. The molecule has 0 unspecified atom stereocenters. The Morgan fingerprint density at radius 1 is 1.30 bits per heavy atom. The number of rotatable bonds is 6. The molecular weight excluding hydrogens is 316 g/mol. The van der Waals surface area contributed by atoms with Crippen LogP contribution in [0.2, 0.25) is 0 Å². The molecule has 0 atom stereocenters. The topological polar surface area (TPSA) is 75.7 Å². The lowest BCUT2D eigenvalue weighted by Crippen LogP contribution is -2.22. The molecule has 0 aliphatic heterocycles. The van der Waals surface area contributed by atoms with E-state index in [1.54, 1.807) is 6.07 Å². The number of benzene rings is 1. The number of nitrogens with zero attached hydrogens (tertiary/aromatic N) is 1. The molecule has 1 fully saturated rings. The summed E-state index contributed by atoms with van der Waals surface area (Å²) in [5.74, 6) is 0.770. The normalized spacial score (nSPS) is 15.8. The van der Waals surface area contributed by atoms with Gasteiger partial charge in [0.15, 0.2) is 0 Å². The van der Waals surface area contributed by atoms with E-state index in [0.717, 1.165) is 17.1 Å². The molecule has 7 heteroatoms. The molecule has 2 rings (SSSR count). The van der Waals surface area contributed by atoms with Gasteiger partial charge >= 0.3 is 0 Å². The van der Waals surface area contributed by atoms with Gasteiger partial charge in [0.05, 0.1) is 17.7 Å². The first kappa shape index (κ1) is 17.7. The van der Waals surface area contributed by atoms with E-state index in [1.165, 1.54) is 46.2 Å². The minimum atomic E-state index is -3.56. The SMILES string of the molecule is COc1ccc(S(=O)(=O)N(C)C)cc1NC(=O)CC1CCCC1. The van der Waals surface area contributed by atoms with Gasteiger partial charge in [-0.3, -0.25) is 4.79 Å². The van der Waals surface area contributed by atoms with Crippen LogP contribution < -0.4 is 10.1 Å². The summed E-state index contributed by atoms with van der Waals surface area (Å²) in [4.78, 5) is 12.3. The van der Waals surface area contributed by atoms with E-state index in [0.29, 0.717) is 23.8 Å². The zero-order chi connectivity index (χ0) is 17.0. The molecule has 1 N–H and O–H groups in total. The summed E-state index contributed by atoms with van der Waals surface area (Å²) in [6.07, 6.45) is 4.99. The number of anilines is 1. The van der Waals surface area contributed by atoms with Crippen LogP contribution in [0.1, 0.15) is 32.1 Å². The van der Waals surface area contributed by atoms with E-state index < -0.39 is 10.0 Å². The van der Waals surface area contributed by atoms with E-state index in [-0.39, 0.29) is 10.8 Å². The Morgan fingerprint density at radius 2 is 1.96 bits per heavy atom. The molecule has 0 radical (unpaired) electrons. The lowest BCUT2D eigenvalue weighted by Gasteiger charge is -2.16. The molecule has 1 saturated carbocycles. The summed E-state index contributed by atoms with van der Waals surface area (Å²) in [5, 5.41) is 2.79. The highest BCUT2D eigenvalue weighted by atomic mass is 32.2. The largest absolute Gasteiger partial charge is 0.495 e. The van der Waals surface area contributed by atoms with E-state index in [4.69, 9.17) is 4.74 Å². The van der Waals surface area contributed by atoms with Gasteiger partial charge in [0, 0.05) is 20.5 Å². The molecule has 0 heterocycles. The first-order chi connectivity index (χ1) is 10.8. The molecule has 1 aromatic carbocycles. The maximum Gasteiger partial charge on any atom is 0.242 e. The third kappa shape index (κ3) is 4.23. The van der Waals surface area contributed by atoms with Crippen molar-refractivity contribution in [1.29, 1.82) is 0 Å². The minimum absolute atomic E-state index is 0.102. The number of sulfonamides is 1. The summed E-state index contributed by atoms with van der Waals surface area (Å²) < 4.78 is 30.8. The van der Waals surface area contributed by atoms with Crippen LogP contribution in [-0.4, -0.2) is 39.8 Å².